The van der Waals surface area contributed by atoms with Crippen LogP contribution in [0.2, 0.25) is 0 Å². The van der Waals surface area contributed by atoms with Gasteiger partial charge in [0.1, 0.15) is 11.9 Å². The fourth-order valence-corrected chi connectivity index (χ4v) is 3.26. The van der Waals surface area contributed by atoms with Gasteiger partial charge in [-0.3, -0.25) is 19.8 Å². The summed E-state index contributed by atoms with van der Waals surface area (Å²) < 4.78 is 1.92. The predicted octanol–water partition coefficient (Wildman–Crippen LogP) is 0.918. The van der Waals surface area contributed by atoms with Crippen LogP contribution in [0, 0.1) is 0 Å². The number of aryl methyl sites for hydroxylation is 1. The molecule has 21 heavy (non-hydrogen) atoms. The van der Waals surface area contributed by atoms with Crippen LogP contribution in [0.4, 0.5) is 0 Å². The fraction of sp³-hybridized carbons (Fsp3) is 0.357. The number of imide groups is 1. The first-order valence-electron chi connectivity index (χ1n) is 6.65. The van der Waals surface area contributed by atoms with Crippen molar-refractivity contribution in [3.05, 3.63) is 40.6 Å². The largest absolute Gasteiger partial charge is 0.336 e. The van der Waals surface area contributed by atoms with Crippen LogP contribution in [0.1, 0.15) is 23.2 Å². The number of aromatic nitrogens is 2. The van der Waals surface area contributed by atoms with E-state index < -0.39 is 6.04 Å². The van der Waals surface area contributed by atoms with E-state index in [0.29, 0.717) is 0 Å². The van der Waals surface area contributed by atoms with Crippen LogP contribution in [0.5, 0.6) is 0 Å². The minimum absolute atomic E-state index is 0.151. The Labute approximate surface area is 126 Å². The van der Waals surface area contributed by atoms with E-state index in [4.69, 9.17) is 0 Å². The Bertz CT molecular complexity index is 664. The van der Waals surface area contributed by atoms with Crippen LogP contribution in [0.3, 0.4) is 0 Å². The van der Waals surface area contributed by atoms with Gasteiger partial charge in [0, 0.05) is 31.4 Å². The normalized spacial score (nSPS) is 20.3. The number of likely N-dealkylation sites (N-methyl/N-ethyl adjacent to an activating group) is 1. The number of rotatable bonds is 4. The molecule has 0 radical (unpaired) electrons. The van der Waals surface area contributed by atoms with E-state index in [1.165, 1.54) is 11.9 Å². The molecular formula is C14H16N4O2S. The van der Waals surface area contributed by atoms with Crippen LogP contribution in [-0.2, 0) is 16.6 Å². The maximum Gasteiger partial charge on any atom is 0.246 e. The number of likely N-dealkylation sites (tertiary alicyclic amines) is 1. The third-order valence-electron chi connectivity index (χ3n) is 3.69. The molecule has 2 aromatic rings. The number of nitrogens with zero attached hydrogens (tertiary/aromatic N) is 3. The zero-order valence-corrected chi connectivity index (χ0v) is 12.6. The highest BCUT2D eigenvalue weighted by molar-refractivity contribution is 7.10. The van der Waals surface area contributed by atoms with Gasteiger partial charge in [0.15, 0.2) is 0 Å². The maximum absolute atomic E-state index is 12.1. The van der Waals surface area contributed by atoms with Crippen molar-refractivity contribution >= 4 is 23.2 Å². The van der Waals surface area contributed by atoms with E-state index in [1.54, 1.807) is 17.5 Å². The maximum atomic E-state index is 12.1. The molecule has 7 heteroatoms. The summed E-state index contributed by atoms with van der Waals surface area (Å²) in [6.45, 7) is 0. The van der Waals surface area contributed by atoms with Crippen molar-refractivity contribution in [3.63, 3.8) is 0 Å². The van der Waals surface area contributed by atoms with Crippen molar-refractivity contribution in [2.45, 2.75) is 18.5 Å². The van der Waals surface area contributed by atoms with Gasteiger partial charge in [-0.15, -0.1) is 11.3 Å². The zero-order valence-electron chi connectivity index (χ0n) is 11.8. The first-order valence-corrected chi connectivity index (χ1v) is 7.53. The number of thiophene rings is 1. The summed E-state index contributed by atoms with van der Waals surface area (Å²) in [7, 11) is 3.44. The Kier molecular flexibility index (Phi) is 3.60. The van der Waals surface area contributed by atoms with Crippen LogP contribution in [0.25, 0.3) is 0 Å². The van der Waals surface area contributed by atoms with Gasteiger partial charge < -0.3 is 4.57 Å². The second-order valence-electron chi connectivity index (χ2n) is 5.06. The van der Waals surface area contributed by atoms with Gasteiger partial charge in [-0.2, -0.15) is 0 Å². The number of hydrogen-bond donors (Lipinski definition) is 1. The van der Waals surface area contributed by atoms with Gasteiger partial charge in [-0.1, -0.05) is 6.07 Å². The average Bonchev–Trinajstić information content (AvgIpc) is 3.17. The van der Waals surface area contributed by atoms with Crippen LogP contribution in [0.15, 0.2) is 29.9 Å². The molecule has 2 aromatic heterocycles. The Balaban J connectivity index is 1.89. The molecule has 1 N–H and O–H groups in total. The molecule has 2 amide bonds. The quantitative estimate of drug-likeness (QED) is 0.853. The molecule has 1 aliphatic rings. The molecule has 0 aromatic carbocycles. The molecular weight excluding hydrogens is 288 g/mol. The van der Waals surface area contributed by atoms with Gasteiger partial charge in [-0.05, 0) is 11.4 Å². The summed E-state index contributed by atoms with van der Waals surface area (Å²) >= 11 is 1.60. The molecule has 6 nitrogen and oxygen atoms in total. The van der Waals surface area contributed by atoms with Crippen molar-refractivity contribution in [1.29, 1.82) is 0 Å². The number of carbonyl (C=O) groups excluding carboxylic acids is 2. The Hall–Kier alpha value is -1.99. The van der Waals surface area contributed by atoms with Gasteiger partial charge in [-0.25, -0.2) is 4.98 Å². The zero-order chi connectivity index (χ0) is 15.0. The van der Waals surface area contributed by atoms with Crippen molar-refractivity contribution < 1.29 is 9.59 Å². The number of nitrogens with one attached hydrogen (secondary N) is 1. The van der Waals surface area contributed by atoms with E-state index in [0.717, 1.165) is 10.7 Å². The Morgan fingerprint density at radius 1 is 1.43 bits per heavy atom. The predicted molar refractivity (Wildman–Crippen MR) is 78.7 cm³/mol. The van der Waals surface area contributed by atoms with Crippen LogP contribution >= 0.6 is 11.3 Å². The smallest absolute Gasteiger partial charge is 0.246 e. The summed E-state index contributed by atoms with van der Waals surface area (Å²) in [4.78, 5) is 30.4. The van der Waals surface area contributed by atoms with Gasteiger partial charge in [0.25, 0.3) is 0 Å². The lowest BCUT2D eigenvalue weighted by atomic mass is 10.1. The molecule has 1 saturated heterocycles. The van der Waals surface area contributed by atoms with Crippen molar-refractivity contribution in [2.24, 2.45) is 7.05 Å². The van der Waals surface area contributed by atoms with Crippen molar-refractivity contribution in [1.82, 2.24) is 19.8 Å². The number of imidazole rings is 1. The van der Waals surface area contributed by atoms with Crippen LogP contribution in [-0.4, -0.2) is 39.4 Å². The highest BCUT2D eigenvalue weighted by atomic mass is 32.1. The molecule has 2 unspecified atom stereocenters. The number of amides is 2. The molecule has 1 aliphatic heterocycles. The molecule has 3 heterocycles. The Morgan fingerprint density at radius 2 is 2.24 bits per heavy atom. The molecule has 0 spiro atoms. The molecule has 110 valence electrons. The van der Waals surface area contributed by atoms with Gasteiger partial charge in [0.05, 0.1) is 12.5 Å². The van der Waals surface area contributed by atoms with Gasteiger partial charge >= 0.3 is 0 Å². The molecule has 3 rings (SSSR count). The third-order valence-corrected chi connectivity index (χ3v) is 4.63. The minimum atomic E-state index is -0.494. The average molecular weight is 304 g/mol. The van der Waals surface area contributed by atoms with E-state index in [9.17, 15) is 9.59 Å². The number of carbonyl (C=O) groups is 2. The summed E-state index contributed by atoms with van der Waals surface area (Å²) in [5, 5.41) is 5.27. The molecule has 2 atom stereocenters. The Morgan fingerprint density at radius 3 is 2.76 bits per heavy atom. The second kappa shape index (κ2) is 5.42. The molecule has 0 bridgehead atoms. The lowest BCUT2D eigenvalue weighted by molar-refractivity contribution is -0.137. The molecule has 0 saturated carbocycles. The second-order valence-corrected chi connectivity index (χ2v) is 6.04. The topological polar surface area (TPSA) is 67.2 Å². The van der Waals surface area contributed by atoms with Crippen molar-refractivity contribution in [2.75, 3.05) is 7.05 Å². The fourth-order valence-electron chi connectivity index (χ4n) is 2.48. The lowest BCUT2D eigenvalue weighted by Crippen LogP contribution is -2.40. The summed E-state index contributed by atoms with van der Waals surface area (Å²) in [5.74, 6) is 0.491. The monoisotopic (exact) mass is 304 g/mol. The van der Waals surface area contributed by atoms with E-state index in [2.05, 4.69) is 10.3 Å². The third kappa shape index (κ3) is 2.50. The molecule has 1 fully saturated rings. The van der Waals surface area contributed by atoms with Gasteiger partial charge in [0.2, 0.25) is 11.8 Å². The first-order chi connectivity index (χ1) is 10.1. The van der Waals surface area contributed by atoms with E-state index in [1.807, 2.05) is 35.3 Å². The van der Waals surface area contributed by atoms with Crippen LogP contribution < -0.4 is 5.32 Å². The van der Waals surface area contributed by atoms with Crippen molar-refractivity contribution in [3.8, 4) is 0 Å². The number of hydrogen-bond acceptors (Lipinski definition) is 5. The molecule has 0 aliphatic carbocycles. The summed E-state index contributed by atoms with van der Waals surface area (Å²) in [6, 6.07) is 3.28. The summed E-state index contributed by atoms with van der Waals surface area (Å²) in [5.41, 5.74) is 0. The standard InChI is InChI=1S/C14H16N4O2S/c1-17-6-5-15-13(17)12(10-4-3-7-21-10)16-9-8-11(19)18(2)14(9)20/h3-7,9,12,16H,8H2,1-2H3. The highest BCUT2D eigenvalue weighted by Crippen LogP contribution is 2.26. The summed E-state index contributed by atoms with van der Waals surface area (Å²) in [6.07, 6.45) is 3.79. The highest BCUT2D eigenvalue weighted by Gasteiger charge is 2.38. The first kappa shape index (κ1) is 14.0. The van der Waals surface area contributed by atoms with E-state index >= 15 is 0 Å². The lowest BCUT2D eigenvalue weighted by Gasteiger charge is -2.20. The van der Waals surface area contributed by atoms with E-state index in [-0.39, 0.29) is 24.3 Å². The minimum Gasteiger partial charge on any atom is -0.336 e. The SMILES string of the molecule is CN1C(=O)CC(NC(c2cccs2)c2nccn2C)C1=O.